The van der Waals surface area contributed by atoms with Crippen LogP contribution in [0, 0.1) is 33.6 Å². The number of carboxylic acids is 1. The number of hydrogen-bond donors (Lipinski definition) is 2. The Bertz CT molecular complexity index is 1230. The highest BCUT2D eigenvalue weighted by atomic mass is 16.4. The number of carbonyl (C=O) groups is 1. The summed E-state index contributed by atoms with van der Waals surface area (Å²) in [4.78, 5) is 29.0. The van der Waals surface area contributed by atoms with Gasteiger partial charge in [-0.25, -0.2) is 0 Å². The SMILES string of the molecule is Cc1cc(=O)n(C(CN[C@H](CC(=O)O)c2cncc(-c3c(C)cccc3C)c2)CC(C)C)cc1C. The summed E-state index contributed by atoms with van der Waals surface area (Å²) in [5.41, 5.74) is 7.22. The van der Waals surface area contributed by atoms with Crippen LogP contribution in [0.5, 0.6) is 0 Å². The first kappa shape index (κ1) is 26.4. The molecule has 186 valence electrons. The van der Waals surface area contributed by atoms with Crippen LogP contribution in [0.4, 0.5) is 0 Å². The Morgan fingerprint density at radius 1 is 1.03 bits per heavy atom. The molecule has 3 rings (SSSR count). The Hall–Kier alpha value is -3.25. The summed E-state index contributed by atoms with van der Waals surface area (Å²) < 4.78 is 1.79. The molecule has 2 aromatic heterocycles. The van der Waals surface area contributed by atoms with Crippen LogP contribution in [-0.2, 0) is 4.79 Å². The van der Waals surface area contributed by atoms with Crippen molar-refractivity contribution in [3.05, 3.63) is 87.1 Å². The molecule has 0 aliphatic heterocycles. The number of rotatable bonds is 10. The molecule has 0 bridgehead atoms. The highest BCUT2D eigenvalue weighted by Crippen LogP contribution is 2.29. The van der Waals surface area contributed by atoms with Gasteiger partial charge in [0.1, 0.15) is 0 Å². The predicted molar refractivity (Wildman–Crippen MR) is 141 cm³/mol. The van der Waals surface area contributed by atoms with Gasteiger partial charge in [-0.3, -0.25) is 14.6 Å². The lowest BCUT2D eigenvalue weighted by molar-refractivity contribution is -0.137. The van der Waals surface area contributed by atoms with Gasteiger partial charge in [0.15, 0.2) is 0 Å². The fraction of sp³-hybridized carbons (Fsp3) is 0.414. The summed E-state index contributed by atoms with van der Waals surface area (Å²) in [5, 5.41) is 13.1. The lowest BCUT2D eigenvalue weighted by Crippen LogP contribution is -2.35. The third-order valence-electron chi connectivity index (χ3n) is 6.60. The summed E-state index contributed by atoms with van der Waals surface area (Å²) in [7, 11) is 0. The van der Waals surface area contributed by atoms with E-state index < -0.39 is 12.0 Å². The van der Waals surface area contributed by atoms with Crippen LogP contribution in [0.3, 0.4) is 0 Å². The molecular formula is C29H37N3O3. The van der Waals surface area contributed by atoms with Crippen molar-refractivity contribution in [1.29, 1.82) is 0 Å². The van der Waals surface area contributed by atoms with Gasteiger partial charge < -0.3 is 15.0 Å². The van der Waals surface area contributed by atoms with Crippen LogP contribution in [0.1, 0.15) is 66.6 Å². The van der Waals surface area contributed by atoms with Crippen molar-refractivity contribution >= 4 is 5.97 Å². The van der Waals surface area contributed by atoms with Gasteiger partial charge in [-0.05, 0) is 79.5 Å². The molecule has 0 radical (unpaired) electrons. The van der Waals surface area contributed by atoms with Gasteiger partial charge in [0.2, 0.25) is 0 Å². The summed E-state index contributed by atoms with van der Waals surface area (Å²) in [6.45, 7) is 12.8. The molecular weight excluding hydrogens is 438 g/mol. The van der Waals surface area contributed by atoms with Crippen molar-refractivity contribution < 1.29 is 9.90 Å². The van der Waals surface area contributed by atoms with Crippen LogP contribution >= 0.6 is 0 Å². The second-order valence-electron chi connectivity index (χ2n) is 10.0. The van der Waals surface area contributed by atoms with E-state index in [0.717, 1.165) is 45.4 Å². The van der Waals surface area contributed by atoms with Crippen molar-refractivity contribution in [3.63, 3.8) is 0 Å². The largest absolute Gasteiger partial charge is 0.481 e. The average molecular weight is 476 g/mol. The molecule has 1 aromatic carbocycles. The van der Waals surface area contributed by atoms with Gasteiger partial charge >= 0.3 is 5.97 Å². The second kappa shape index (κ2) is 11.5. The maximum absolute atomic E-state index is 12.8. The molecule has 6 nitrogen and oxygen atoms in total. The minimum absolute atomic E-state index is 0.0333. The Balaban J connectivity index is 1.93. The average Bonchev–Trinajstić information content (AvgIpc) is 2.78. The zero-order valence-electron chi connectivity index (χ0n) is 21.6. The molecule has 2 heterocycles. The minimum Gasteiger partial charge on any atom is -0.481 e. The smallest absolute Gasteiger partial charge is 0.305 e. The molecule has 0 saturated heterocycles. The molecule has 2 N–H and O–H groups in total. The number of nitrogens with zero attached hydrogens (tertiary/aromatic N) is 2. The standard InChI is InChI=1S/C29H37N3O3/c1-18(2)10-25(32-17-22(6)21(5)11-27(32)33)16-31-26(13-28(34)35)23-12-24(15-30-14-23)29-19(3)8-7-9-20(29)4/h7-9,11-12,14-15,17-18,25-26,31H,10,13,16H2,1-6H3,(H,34,35)/t25?,26-/m1/s1. The van der Waals surface area contributed by atoms with Crippen LogP contribution in [0.25, 0.3) is 11.1 Å². The van der Waals surface area contributed by atoms with E-state index in [4.69, 9.17) is 0 Å². The molecule has 6 heteroatoms. The van der Waals surface area contributed by atoms with E-state index in [2.05, 4.69) is 50.1 Å². The Labute approximate surface area is 208 Å². The van der Waals surface area contributed by atoms with Crippen LogP contribution in [-0.4, -0.2) is 27.2 Å². The third-order valence-corrected chi connectivity index (χ3v) is 6.60. The molecule has 2 atom stereocenters. The van der Waals surface area contributed by atoms with Crippen LogP contribution in [0.15, 0.2) is 53.7 Å². The fourth-order valence-electron chi connectivity index (χ4n) is 4.69. The van der Waals surface area contributed by atoms with E-state index in [-0.39, 0.29) is 18.0 Å². The molecule has 0 fully saturated rings. The van der Waals surface area contributed by atoms with Crippen LogP contribution in [0.2, 0.25) is 0 Å². The first-order valence-electron chi connectivity index (χ1n) is 12.2. The van der Waals surface area contributed by atoms with Gasteiger partial charge in [0, 0.05) is 48.8 Å². The Kier molecular flexibility index (Phi) is 8.62. The number of nitrogens with one attached hydrogen (secondary N) is 1. The van der Waals surface area contributed by atoms with Crippen molar-refractivity contribution in [2.75, 3.05) is 6.54 Å². The molecule has 1 unspecified atom stereocenters. The first-order chi connectivity index (χ1) is 16.6. The summed E-state index contributed by atoms with van der Waals surface area (Å²) in [5.74, 6) is -0.508. The summed E-state index contributed by atoms with van der Waals surface area (Å²) in [6, 6.07) is 9.36. The number of hydrogen-bond acceptors (Lipinski definition) is 4. The van der Waals surface area contributed by atoms with E-state index in [1.165, 1.54) is 0 Å². The fourth-order valence-corrected chi connectivity index (χ4v) is 4.69. The van der Waals surface area contributed by atoms with Crippen molar-refractivity contribution in [2.45, 2.75) is 66.5 Å². The molecule has 35 heavy (non-hydrogen) atoms. The molecule has 0 amide bonds. The van der Waals surface area contributed by atoms with Gasteiger partial charge in [-0.15, -0.1) is 0 Å². The van der Waals surface area contributed by atoms with Crippen molar-refractivity contribution in [2.24, 2.45) is 5.92 Å². The van der Waals surface area contributed by atoms with Gasteiger partial charge in [0.25, 0.3) is 5.56 Å². The highest BCUT2D eigenvalue weighted by molar-refractivity contribution is 5.71. The Morgan fingerprint density at radius 2 is 1.71 bits per heavy atom. The summed E-state index contributed by atoms with van der Waals surface area (Å²) >= 11 is 0. The molecule has 0 aliphatic carbocycles. The van der Waals surface area contributed by atoms with Crippen LogP contribution < -0.4 is 10.9 Å². The molecule has 3 aromatic rings. The van der Waals surface area contributed by atoms with E-state index in [9.17, 15) is 14.7 Å². The highest BCUT2D eigenvalue weighted by Gasteiger charge is 2.21. The van der Waals surface area contributed by atoms with E-state index >= 15 is 0 Å². The minimum atomic E-state index is -0.885. The number of aromatic nitrogens is 2. The monoisotopic (exact) mass is 475 g/mol. The zero-order valence-corrected chi connectivity index (χ0v) is 21.6. The van der Waals surface area contributed by atoms with Gasteiger partial charge in [-0.2, -0.15) is 0 Å². The number of carboxylic acid groups (broad SMARTS) is 1. The maximum Gasteiger partial charge on any atom is 0.305 e. The third kappa shape index (κ3) is 6.67. The lowest BCUT2D eigenvalue weighted by Gasteiger charge is -2.26. The molecule has 0 saturated carbocycles. The number of pyridine rings is 2. The number of aryl methyl sites for hydroxylation is 4. The van der Waals surface area contributed by atoms with Gasteiger partial charge in [0.05, 0.1) is 6.42 Å². The van der Waals surface area contributed by atoms with E-state index in [1.807, 2.05) is 38.4 Å². The Morgan fingerprint density at radius 3 is 2.34 bits per heavy atom. The molecule has 0 spiro atoms. The molecule has 0 aliphatic rings. The second-order valence-corrected chi connectivity index (χ2v) is 10.0. The number of benzene rings is 1. The van der Waals surface area contributed by atoms with Crippen molar-refractivity contribution in [3.8, 4) is 11.1 Å². The topological polar surface area (TPSA) is 84.2 Å². The van der Waals surface area contributed by atoms with Crippen molar-refractivity contribution in [1.82, 2.24) is 14.9 Å². The predicted octanol–water partition coefficient (Wildman–Crippen LogP) is 5.54. The maximum atomic E-state index is 12.8. The van der Waals surface area contributed by atoms with E-state index in [1.54, 1.807) is 16.8 Å². The normalized spacial score (nSPS) is 13.1. The van der Waals surface area contributed by atoms with Gasteiger partial charge in [-0.1, -0.05) is 32.0 Å². The van der Waals surface area contributed by atoms with E-state index in [0.29, 0.717) is 12.5 Å². The summed E-state index contributed by atoms with van der Waals surface area (Å²) in [6.07, 6.45) is 6.20. The zero-order chi connectivity index (χ0) is 25.7. The first-order valence-corrected chi connectivity index (χ1v) is 12.2. The lowest BCUT2D eigenvalue weighted by atomic mass is 9.94. The number of aliphatic carboxylic acids is 1. The quantitative estimate of drug-likeness (QED) is 0.402.